The topological polar surface area (TPSA) is 51.2 Å². The monoisotopic (exact) mass is 350 g/mol. The summed E-state index contributed by atoms with van der Waals surface area (Å²) >= 11 is 0. The van der Waals surface area contributed by atoms with Crippen molar-refractivity contribution in [3.8, 4) is 0 Å². The Morgan fingerprint density at radius 2 is 1.80 bits per heavy atom. The Kier molecular flexibility index (Phi) is 4.74. The number of carbonyl (C=O) groups excluding carboxylic acids is 1. The molecule has 2 aliphatic heterocycles. The number of nitrogens with zero attached hydrogens (tertiary/aromatic N) is 2. The fourth-order valence-electron chi connectivity index (χ4n) is 2.77. The molecule has 1 aromatic rings. The number of halogens is 1. The second-order valence-corrected chi connectivity index (χ2v) is 7.04. The van der Waals surface area contributed by atoms with Crippen LogP contribution in [0.4, 0.5) is 14.9 Å². The first kappa shape index (κ1) is 17.4. The van der Waals surface area contributed by atoms with Crippen LogP contribution in [0.3, 0.4) is 0 Å². The summed E-state index contributed by atoms with van der Waals surface area (Å²) in [7, 11) is 0. The molecular weight excluding hydrogens is 327 g/mol. The predicted molar refractivity (Wildman–Crippen MR) is 90.5 cm³/mol. The Morgan fingerprint density at radius 1 is 1.16 bits per heavy atom. The number of ether oxygens (including phenoxy) is 3. The zero-order chi connectivity index (χ0) is 18.0. The van der Waals surface area contributed by atoms with Crippen LogP contribution in [0, 0.1) is 5.82 Å². The number of hydrogen-bond donors (Lipinski definition) is 0. The Balaban J connectivity index is 1.64. The summed E-state index contributed by atoms with van der Waals surface area (Å²) in [6.45, 7) is 7.54. The van der Waals surface area contributed by atoms with E-state index in [9.17, 15) is 9.18 Å². The van der Waals surface area contributed by atoms with E-state index in [2.05, 4.69) is 0 Å². The molecule has 0 atom stereocenters. The molecule has 0 N–H and O–H groups in total. The molecule has 25 heavy (non-hydrogen) atoms. The van der Waals surface area contributed by atoms with Crippen LogP contribution in [0.5, 0.6) is 0 Å². The van der Waals surface area contributed by atoms with Gasteiger partial charge in [0.1, 0.15) is 23.9 Å². The summed E-state index contributed by atoms with van der Waals surface area (Å²) in [6, 6.07) is 4.79. The molecule has 7 heteroatoms. The third kappa shape index (κ3) is 4.15. The standard InChI is InChI=1S/C18H23FN2O4/c1-18(2,3)25-17(22)21-8-6-20(7-9-21)15-12-13(4-5-14(15)19)16-23-10-11-24-16/h4-5,10-12,16H,6-9H2,1-3H3. The average molecular weight is 350 g/mol. The molecule has 6 nitrogen and oxygen atoms in total. The molecule has 2 heterocycles. The Morgan fingerprint density at radius 3 is 2.40 bits per heavy atom. The lowest BCUT2D eigenvalue weighted by molar-refractivity contribution is -0.0246. The van der Waals surface area contributed by atoms with Crippen molar-refractivity contribution in [1.82, 2.24) is 4.90 Å². The predicted octanol–water partition coefficient (Wildman–Crippen LogP) is 3.40. The van der Waals surface area contributed by atoms with Crippen molar-refractivity contribution in [3.63, 3.8) is 0 Å². The van der Waals surface area contributed by atoms with Crippen molar-refractivity contribution in [1.29, 1.82) is 0 Å². The zero-order valence-electron chi connectivity index (χ0n) is 14.7. The van der Waals surface area contributed by atoms with E-state index in [-0.39, 0.29) is 11.9 Å². The van der Waals surface area contributed by atoms with E-state index < -0.39 is 11.9 Å². The summed E-state index contributed by atoms with van der Waals surface area (Å²) in [5, 5.41) is 0. The van der Waals surface area contributed by atoms with Gasteiger partial charge in [0, 0.05) is 31.7 Å². The highest BCUT2D eigenvalue weighted by atomic mass is 19.1. The summed E-state index contributed by atoms with van der Waals surface area (Å²) < 4.78 is 30.3. The SMILES string of the molecule is CC(C)(C)OC(=O)N1CCN(c2cc(C3OC=CO3)ccc2F)CC1. The van der Waals surface area contributed by atoms with Gasteiger partial charge in [-0.1, -0.05) is 0 Å². The third-order valence-corrected chi connectivity index (χ3v) is 3.97. The van der Waals surface area contributed by atoms with Gasteiger partial charge in [0.15, 0.2) is 0 Å². The van der Waals surface area contributed by atoms with Crippen molar-refractivity contribution in [2.24, 2.45) is 0 Å². The van der Waals surface area contributed by atoms with Crippen LogP contribution in [0.1, 0.15) is 32.6 Å². The number of piperazine rings is 1. The van der Waals surface area contributed by atoms with Gasteiger partial charge in [0.25, 0.3) is 6.29 Å². The maximum absolute atomic E-state index is 14.3. The van der Waals surface area contributed by atoms with Gasteiger partial charge in [-0.05, 0) is 39.0 Å². The number of anilines is 1. The lowest BCUT2D eigenvalue weighted by Crippen LogP contribution is -2.50. The molecule has 2 aliphatic rings. The van der Waals surface area contributed by atoms with E-state index in [0.29, 0.717) is 31.9 Å². The van der Waals surface area contributed by atoms with Crippen LogP contribution < -0.4 is 4.90 Å². The van der Waals surface area contributed by atoms with E-state index in [1.165, 1.54) is 18.6 Å². The molecule has 0 bridgehead atoms. The first-order chi connectivity index (χ1) is 11.8. The Hall–Kier alpha value is -2.44. The highest BCUT2D eigenvalue weighted by Crippen LogP contribution is 2.30. The van der Waals surface area contributed by atoms with Gasteiger partial charge < -0.3 is 24.0 Å². The lowest BCUT2D eigenvalue weighted by atomic mass is 10.1. The van der Waals surface area contributed by atoms with Crippen molar-refractivity contribution in [3.05, 3.63) is 42.1 Å². The molecule has 1 saturated heterocycles. The molecule has 0 aromatic heterocycles. The van der Waals surface area contributed by atoms with Crippen LogP contribution >= 0.6 is 0 Å². The first-order valence-electron chi connectivity index (χ1n) is 8.32. The molecule has 136 valence electrons. The minimum absolute atomic E-state index is 0.305. The third-order valence-electron chi connectivity index (χ3n) is 3.97. The number of amides is 1. The Labute approximate surface area is 146 Å². The van der Waals surface area contributed by atoms with Crippen LogP contribution in [-0.4, -0.2) is 42.8 Å². The van der Waals surface area contributed by atoms with Gasteiger partial charge in [-0.3, -0.25) is 0 Å². The molecule has 0 unspecified atom stereocenters. The van der Waals surface area contributed by atoms with E-state index in [0.717, 1.165) is 5.56 Å². The summed E-state index contributed by atoms with van der Waals surface area (Å²) in [5.41, 5.74) is 0.709. The van der Waals surface area contributed by atoms with Gasteiger partial charge >= 0.3 is 6.09 Å². The fourth-order valence-corrected chi connectivity index (χ4v) is 2.77. The fraction of sp³-hybridized carbons (Fsp3) is 0.500. The van der Waals surface area contributed by atoms with Gasteiger partial charge in [-0.15, -0.1) is 0 Å². The number of hydrogen-bond acceptors (Lipinski definition) is 5. The molecule has 0 spiro atoms. The highest BCUT2D eigenvalue weighted by molar-refractivity contribution is 5.68. The van der Waals surface area contributed by atoms with Gasteiger partial charge in [0.05, 0.1) is 5.69 Å². The van der Waals surface area contributed by atoms with Crippen molar-refractivity contribution in [2.75, 3.05) is 31.1 Å². The highest BCUT2D eigenvalue weighted by Gasteiger charge is 2.27. The second kappa shape index (κ2) is 6.82. The molecule has 1 fully saturated rings. The number of rotatable bonds is 2. The van der Waals surface area contributed by atoms with E-state index >= 15 is 0 Å². The summed E-state index contributed by atoms with van der Waals surface area (Å²) in [5.74, 6) is -0.305. The molecule has 3 rings (SSSR count). The second-order valence-electron chi connectivity index (χ2n) is 7.04. The smallest absolute Gasteiger partial charge is 0.410 e. The maximum Gasteiger partial charge on any atom is 0.410 e. The van der Waals surface area contributed by atoms with Crippen molar-refractivity contribution in [2.45, 2.75) is 32.7 Å². The number of benzene rings is 1. The molecular formula is C18H23FN2O4. The van der Waals surface area contributed by atoms with Crippen LogP contribution in [0.15, 0.2) is 30.7 Å². The van der Waals surface area contributed by atoms with Crippen LogP contribution in [0.2, 0.25) is 0 Å². The largest absolute Gasteiger partial charge is 0.455 e. The number of carbonyl (C=O) groups is 1. The summed E-state index contributed by atoms with van der Waals surface area (Å²) in [6.07, 6.45) is 2.06. The van der Waals surface area contributed by atoms with Crippen LogP contribution in [-0.2, 0) is 14.2 Å². The van der Waals surface area contributed by atoms with Crippen molar-refractivity contribution >= 4 is 11.8 Å². The van der Waals surface area contributed by atoms with E-state index in [1.54, 1.807) is 17.0 Å². The molecule has 1 amide bonds. The molecule has 1 aromatic carbocycles. The summed E-state index contributed by atoms with van der Waals surface area (Å²) in [4.78, 5) is 15.7. The molecule has 0 radical (unpaired) electrons. The average Bonchev–Trinajstić information content (AvgIpc) is 3.08. The minimum Gasteiger partial charge on any atom is -0.455 e. The quantitative estimate of drug-likeness (QED) is 0.818. The van der Waals surface area contributed by atoms with Crippen LogP contribution in [0.25, 0.3) is 0 Å². The van der Waals surface area contributed by atoms with Gasteiger partial charge in [-0.2, -0.15) is 0 Å². The van der Waals surface area contributed by atoms with Crippen molar-refractivity contribution < 1.29 is 23.4 Å². The molecule has 0 saturated carbocycles. The van der Waals surface area contributed by atoms with E-state index in [4.69, 9.17) is 14.2 Å². The lowest BCUT2D eigenvalue weighted by Gasteiger charge is -2.37. The first-order valence-corrected chi connectivity index (χ1v) is 8.32. The van der Waals surface area contributed by atoms with E-state index in [1.807, 2.05) is 25.7 Å². The van der Waals surface area contributed by atoms with Gasteiger partial charge in [-0.25, -0.2) is 9.18 Å². The normalized spacial score (nSPS) is 18.1. The van der Waals surface area contributed by atoms with Gasteiger partial charge in [0.2, 0.25) is 0 Å². The molecule has 0 aliphatic carbocycles. The zero-order valence-corrected chi connectivity index (χ0v) is 14.7. The maximum atomic E-state index is 14.3. The minimum atomic E-state index is -0.539. The Bertz CT molecular complexity index is 656.